The molecule has 0 saturated carbocycles. The molecule has 2 N–H and O–H groups in total. The maximum atomic E-state index is 11.4. The number of hydrogen-bond donors (Lipinski definition) is 1. The van der Waals surface area contributed by atoms with Gasteiger partial charge in [0, 0.05) is 5.41 Å². The molecule has 0 saturated heterocycles. The Morgan fingerprint density at radius 2 is 2.00 bits per heavy atom. The normalized spacial score (nSPS) is 14.1. The van der Waals surface area contributed by atoms with Crippen molar-refractivity contribution in [3.63, 3.8) is 0 Å². The maximum Gasteiger partial charge on any atom is 0.285 e. The van der Waals surface area contributed by atoms with Crippen LogP contribution in [0.1, 0.15) is 44.3 Å². The Hall–Kier alpha value is -1.23. The summed E-state index contributed by atoms with van der Waals surface area (Å²) >= 11 is 0. The van der Waals surface area contributed by atoms with Gasteiger partial charge >= 0.3 is 0 Å². The van der Waals surface area contributed by atoms with Crippen LogP contribution in [0, 0.1) is 0 Å². The van der Waals surface area contributed by atoms with Crippen molar-refractivity contribution in [1.82, 2.24) is 10.2 Å². The standard InChI is InChI=1S/C9H15N3O2/c1-5(10)6(13)7-11-12-8(14-7)9(2,3)4/h5H,10H2,1-4H3/t5-/m0/s1. The van der Waals surface area contributed by atoms with Crippen molar-refractivity contribution in [3.05, 3.63) is 11.8 Å². The summed E-state index contributed by atoms with van der Waals surface area (Å²) in [7, 11) is 0. The lowest BCUT2D eigenvalue weighted by Gasteiger charge is -2.10. The number of Topliss-reactive ketones (excluding diaryl/α,β-unsaturated/α-hetero) is 1. The van der Waals surface area contributed by atoms with Crippen molar-refractivity contribution >= 4 is 5.78 Å². The van der Waals surface area contributed by atoms with E-state index in [1.807, 2.05) is 20.8 Å². The first-order valence-electron chi connectivity index (χ1n) is 4.46. The summed E-state index contributed by atoms with van der Waals surface area (Å²) in [5.74, 6) is 0.111. The molecule has 14 heavy (non-hydrogen) atoms. The second-order valence-electron chi connectivity index (χ2n) is 4.32. The Morgan fingerprint density at radius 1 is 1.43 bits per heavy atom. The molecule has 1 rings (SSSR count). The first kappa shape index (κ1) is 10.8. The van der Waals surface area contributed by atoms with Crippen molar-refractivity contribution in [2.75, 3.05) is 0 Å². The number of carbonyl (C=O) groups is 1. The Labute approximate surface area is 82.7 Å². The molecule has 1 aromatic rings. The highest BCUT2D eigenvalue weighted by Gasteiger charge is 2.24. The van der Waals surface area contributed by atoms with Crippen molar-refractivity contribution in [3.8, 4) is 0 Å². The molecule has 1 atom stereocenters. The lowest BCUT2D eigenvalue weighted by Crippen LogP contribution is -2.26. The molecule has 78 valence electrons. The van der Waals surface area contributed by atoms with E-state index in [0.717, 1.165) is 0 Å². The van der Waals surface area contributed by atoms with Gasteiger partial charge in [-0.3, -0.25) is 4.79 Å². The largest absolute Gasteiger partial charge is 0.418 e. The quantitative estimate of drug-likeness (QED) is 0.712. The molecule has 0 spiro atoms. The summed E-state index contributed by atoms with van der Waals surface area (Å²) in [6.45, 7) is 7.38. The van der Waals surface area contributed by atoms with Crippen LogP contribution in [0.2, 0.25) is 0 Å². The van der Waals surface area contributed by atoms with Gasteiger partial charge in [-0.05, 0) is 6.92 Å². The van der Waals surface area contributed by atoms with Crippen LogP contribution in [0.4, 0.5) is 0 Å². The summed E-state index contributed by atoms with van der Waals surface area (Å²) in [6.07, 6.45) is 0. The van der Waals surface area contributed by atoms with Gasteiger partial charge in [0.15, 0.2) is 0 Å². The van der Waals surface area contributed by atoms with Crippen LogP contribution < -0.4 is 5.73 Å². The van der Waals surface area contributed by atoms with Gasteiger partial charge in [0.05, 0.1) is 6.04 Å². The maximum absolute atomic E-state index is 11.4. The fourth-order valence-corrected chi connectivity index (χ4v) is 0.821. The van der Waals surface area contributed by atoms with Gasteiger partial charge in [-0.15, -0.1) is 10.2 Å². The van der Waals surface area contributed by atoms with E-state index in [2.05, 4.69) is 10.2 Å². The number of aromatic nitrogens is 2. The highest BCUT2D eigenvalue weighted by Crippen LogP contribution is 2.20. The molecule has 0 aliphatic heterocycles. The summed E-state index contributed by atoms with van der Waals surface area (Å²) < 4.78 is 5.22. The number of nitrogens with two attached hydrogens (primary N) is 1. The third kappa shape index (κ3) is 2.17. The van der Waals surface area contributed by atoms with E-state index >= 15 is 0 Å². The van der Waals surface area contributed by atoms with Crippen LogP contribution in [0.5, 0.6) is 0 Å². The average molecular weight is 197 g/mol. The van der Waals surface area contributed by atoms with Gasteiger partial charge in [-0.2, -0.15) is 0 Å². The van der Waals surface area contributed by atoms with E-state index in [-0.39, 0.29) is 17.1 Å². The van der Waals surface area contributed by atoms with Crippen LogP contribution in [-0.4, -0.2) is 22.0 Å². The molecule has 0 amide bonds. The van der Waals surface area contributed by atoms with E-state index in [4.69, 9.17) is 10.2 Å². The monoisotopic (exact) mass is 197 g/mol. The van der Waals surface area contributed by atoms with Crippen LogP contribution in [0.15, 0.2) is 4.42 Å². The summed E-state index contributed by atoms with van der Waals surface area (Å²) in [5.41, 5.74) is 5.16. The minimum atomic E-state index is -0.608. The van der Waals surface area contributed by atoms with E-state index in [1.54, 1.807) is 6.92 Å². The van der Waals surface area contributed by atoms with Gasteiger partial charge < -0.3 is 10.2 Å². The van der Waals surface area contributed by atoms with Crippen LogP contribution in [-0.2, 0) is 5.41 Å². The molecule has 0 fully saturated rings. The predicted octanol–water partition coefficient (Wildman–Crippen LogP) is 0.897. The molecule has 0 unspecified atom stereocenters. The van der Waals surface area contributed by atoms with Crippen LogP contribution in [0.25, 0.3) is 0 Å². The molecule has 5 nitrogen and oxygen atoms in total. The molecule has 0 bridgehead atoms. The SMILES string of the molecule is C[C@H](N)C(=O)c1nnc(C(C)(C)C)o1. The Bertz CT molecular complexity index is 336. The molecular formula is C9H15N3O2. The van der Waals surface area contributed by atoms with Gasteiger partial charge in [0.25, 0.3) is 5.89 Å². The zero-order valence-corrected chi connectivity index (χ0v) is 8.87. The van der Waals surface area contributed by atoms with E-state index in [9.17, 15) is 4.79 Å². The van der Waals surface area contributed by atoms with E-state index < -0.39 is 6.04 Å². The Morgan fingerprint density at radius 3 is 2.36 bits per heavy atom. The second-order valence-corrected chi connectivity index (χ2v) is 4.32. The van der Waals surface area contributed by atoms with Crippen molar-refractivity contribution in [1.29, 1.82) is 0 Å². The first-order valence-corrected chi connectivity index (χ1v) is 4.46. The van der Waals surface area contributed by atoms with Crippen LogP contribution >= 0.6 is 0 Å². The molecule has 0 aromatic carbocycles. The minimum absolute atomic E-state index is 0.00933. The lowest BCUT2D eigenvalue weighted by molar-refractivity contribution is 0.0930. The second kappa shape index (κ2) is 3.49. The lowest BCUT2D eigenvalue weighted by atomic mass is 9.97. The van der Waals surface area contributed by atoms with E-state index in [0.29, 0.717) is 5.89 Å². The number of ketones is 1. The summed E-state index contributed by atoms with van der Waals surface area (Å²) in [5, 5.41) is 7.46. The highest BCUT2D eigenvalue weighted by atomic mass is 16.4. The fourth-order valence-electron chi connectivity index (χ4n) is 0.821. The topological polar surface area (TPSA) is 82.0 Å². The zero-order valence-electron chi connectivity index (χ0n) is 8.87. The molecule has 1 heterocycles. The highest BCUT2D eigenvalue weighted by molar-refractivity contribution is 5.95. The van der Waals surface area contributed by atoms with Crippen molar-refractivity contribution in [2.45, 2.75) is 39.2 Å². The number of carbonyl (C=O) groups excluding carboxylic acids is 1. The van der Waals surface area contributed by atoms with Gasteiger partial charge in [-0.25, -0.2) is 0 Å². The third-order valence-electron chi connectivity index (χ3n) is 1.69. The zero-order chi connectivity index (χ0) is 10.9. The van der Waals surface area contributed by atoms with Gasteiger partial charge in [0.1, 0.15) is 0 Å². The fraction of sp³-hybridized carbons (Fsp3) is 0.667. The predicted molar refractivity (Wildman–Crippen MR) is 51.0 cm³/mol. The molecule has 0 radical (unpaired) electrons. The van der Waals surface area contributed by atoms with Crippen LogP contribution in [0.3, 0.4) is 0 Å². The third-order valence-corrected chi connectivity index (χ3v) is 1.69. The Kier molecular flexibility index (Phi) is 2.71. The van der Waals surface area contributed by atoms with E-state index in [1.165, 1.54) is 0 Å². The molecule has 0 aliphatic carbocycles. The molecule has 1 aromatic heterocycles. The summed E-state index contributed by atoms with van der Waals surface area (Å²) in [4.78, 5) is 11.4. The Balaban J connectivity index is 2.95. The molecule has 5 heteroatoms. The number of hydrogen-bond acceptors (Lipinski definition) is 5. The number of nitrogens with zero attached hydrogens (tertiary/aromatic N) is 2. The first-order chi connectivity index (χ1) is 6.32. The smallest absolute Gasteiger partial charge is 0.285 e. The number of rotatable bonds is 2. The summed E-state index contributed by atoms with van der Waals surface area (Å²) in [6, 6.07) is -0.608. The van der Waals surface area contributed by atoms with Gasteiger partial charge in [-0.1, -0.05) is 20.8 Å². The van der Waals surface area contributed by atoms with Gasteiger partial charge in [0.2, 0.25) is 11.7 Å². The minimum Gasteiger partial charge on any atom is -0.418 e. The average Bonchev–Trinajstić information content (AvgIpc) is 2.49. The molecule has 0 aliphatic rings. The van der Waals surface area contributed by atoms with Crippen molar-refractivity contribution in [2.24, 2.45) is 5.73 Å². The molecular weight excluding hydrogens is 182 g/mol. The van der Waals surface area contributed by atoms with Crippen molar-refractivity contribution < 1.29 is 9.21 Å².